The van der Waals surface area contributed by atoms with Crippen molar-refractivity contribution in [2.75, 3.05) is 17.6 Å². The Morgan fingerprint density at radius 3 is 2.60 bits per heavy atom. The van der Waals surface area contributed by atoms with Gasteiger partial charge in [0.15, 0.2) is 0 Å². The van der Waals surface area contributed by atoms with Crippen LogP contribution in [0.1, 0.15) is 13.8 Å². The highest BCUT2D eigenvalue weighted by Gasteiger charge is 2.32. The third-order valence-electron chi connectivity index (χ3n) is 3.02. The molecular weight excluding hydrogens is 447 g/mol. The van der Waals surface area contributed by atoms with E-state index in [0.717, 1.165) is 12.1 Å². The van der Waals surface area contributed by atoms with Gasteiger partial charge < -0.3 is 10.1 Å². The maximum absolute atomic E-state index is 12.4. The van der Waals surface area contributed by atoms with Gasteiger partial charge in [0.1, 0.15) is 22.2 Å². The van der Waals surface area contributed by atoms with E-state index in [1.165, 1.54) is 10.9 Å². The first-order chi connectivity index (χ1) is 11.7. The molecule has 2 aromatic rings. The maximum atomic E-state index is 12.4. The fourth-order valence-corrected chi connectivity index (χ4v) is 3.95. The summed E-state index contributed by atoms with van der Waals surface area (Å²) < 4.78 is 54.8. The van der Waals surface area contributed by atoms with Crippen molar-refractivity contribution in [3.05, 3.63) is 27.8 Å². The van der Waals surface area contributed by atoms with Gasteiger partial charge in [0.05, 0.1) is 22.0 Å². The smallest absolute Gasteiger partial charge is 0.406 e. The molecule has 0 amide bonds. The van der Waals surface area contributed by atoms with E-state index in [2.05, 4.69) is 31.1 Å². The van der Waals surface area contributed by atoms with E-state index < -0.39 is 22.9 Å². The summed E-state index contributed by atoms with van der Waals surface area (Å²) in [5.41, 5.74) is 0.312. The molecule has 1 heterocycles. The van der Waals surface area contributed by atoms with E-state index in [0.29, 0.717) is 28.7 Å². The van der Waals surface area contributed by atoms with E-state index in [9.17, 15) is 17.4 Å². The first-order valence-corrected chi connectivity index (χ1v) is 9.62. The van der Waals surface area contributed by atoms with Gasteiger partial charge in [-0.05, 0) is 28.9 Å². The van der Waals surface area contributed by atoms with E-state index in [1.54, 1.807) is 6.92 Å². The molecule has 25 heavy (non-hydrogen) atoms. The van der Waals surface area contributed by atoms with Crippen molar-refractivity contribution in [1.29, 1.82) is 0 Å². The molecule has 1 aromatic carbocycles. The van der Waals surface area contributed by atoms with E-state index in [-0.39, 0.29) is 9.50 Å². The van der Waals surface area contributed by atoms with Gasteiger partial charge in [-0.1, -0.05) is 18.5 Å². The Kier molecular flexibility index (Phi) is 6.39. The molecule has 1 atom stereocenters. The molecule has 0 bridgehead atoms. The molecule has 0 radical (unpaired) electrons. The first-order valence-electron chi connectivity index (χ1n) is 7.13. The second-order valence-corrected chi connectivity index (χ2v) is 7.69. The zero-order chi connectivity index (χ0) is 18.8. The Balaban J connectivity index is 2.55. The summed E-state index contributed by atoms with van der Waals surface area (Å²) in [6, 6.07) is 2.19. The van der Waals surface area contributed by atoms with Crippen LogP contribution in [-0.2, 0) is 10.8 Å². The summed E-state index contributed by atoms with van der Waals surface area (Å²) in [5, 5.41) is 7.24. The summed E-state index contributed by atoms with van der Waals surface area (Å²) in [6.07, 6.45) is -3.38. The highest BCUT2D eigenvalue weighted by molar-refractivity contribution is 9.10. The summed E-state index contributed by atoms with van der Waals surface area (Å²) in [5.74, 6) is 0.412. The Labute approximate surface area is 158 Å². The lowest BCUT2D eigenvalue weighted by Gasteiger charge is -2.15. The Morgan fingerprint density at radius 2 is 2.08 bits per heavy atom. The molecule has 0 saturated carbocycles. The van der Waals surface area contributed by atoms with E-state index >= 15 is 0 Å². The predicted octanol–water partition coefficient (Wildman–Crippen LogP) is 4.75. The second-order valence-electron chi connectivity index (χ2n) is 4.72. The van der Waals surface area contributed by atoms with Gasteiger partial charge in [0.2, 0.25) is 0 Å². The summed E-state index contributed by atoms with van der Waals surface area (Å²) in [7, 11) is -1.27. The van der Waals surface area contributed by atoms with Crippen LogP contribution in [0.2, 0.25) is 5.02 Å². The number of nitrogens with zero attached hydrogens (tertiary/aromatic N) is 2. The minimum Gasteiger partial charge on any atom is -0.406 e. The normalized spacial score (nSPS) is 12.9. The SMILES string of the molecule is CCNc1c(S(=O)CC)cnn1-c1c(Cl)cc(OC(F)(F)F)cc1Br. The quantitative estimate of drug-likeness (QED) is 0.676. The van der Waals surface area contributed by atoms with Crippen LogP contribution in [0, 0.1) is 0 Å². The molecule has 0 aliphatic rings. The molecule has 0 aliphatic carbocycles. The largest absolute Gasteiger partial charge is 0.573 e. The van der Waals surface area contributed by atoms with Crippen LogP contribution in [0.3, 0.4) is 0 Å². The maximum Gasteiger partial charge on any atom is 0.573 e. The van der Waals surface area contributed by atoms with Crippen LogP contribution in [0.15, 0.2) is 27.7 Å². The molecule has 1 aromatic heterocycles. The Bertz CT molecular complexity index is 775. The lowest BCUT2D eigenvalue weighted by Crippen LogP contribution is -2.17. The van der Waals surface area contributed by atoms with Gasteiger partial charge in [-0.3, -0.25) is 4.21 Å². The lowest BCUT2D eigenvalue weighted by atomic mass is 10.3. The molecular formula is C14H14BrClF3N3O2S. The minimum absolute atomic E-state index is 0.00953. The first kappa shape index (κ1) is 20.1. The lowest BCUT2D eigenvalue weighted by molar-refractivity contribution is -0.274. The van der Waals surface area contributed by atoms with Crippen LogP contribution >= 0.6 is 27.5 Å². The molecule has 11 heteroatoms. The Hall–Kier alpha value is -1.26. The molecule has 1 unspecified atom stereocenters. The molecule has 0 saturated heterocycles. The van der Waals surface area contributed by atoms with Crippen molar-refractivity contribution in [3.63, 3.8) is 0 Å². The van der Waals surface area contributed by atoms with Crippen LogP contribution < -0.4 is 10.1 Å². The zero-order valence-electron chi connectivity index (χ0n) is 13.2. The average Bonchev–Trinajstić information content (AvgIpc) is 2.88. The van der Waals surface area contributed by atoms with Crippen LogP contribution in [0.4, 0.5) is 19.0 Å². The monoisotopic (exact) mass is 459 g/mol. The standard InChI is InChI=1S/C14H14BrClF3N3O2S/c1-3-20-13-11(25(23)4-2)7-21-22(13)12-9(15)5-8(6-10(12)16)24-14(17,18)19/h5-7,20H,3-4H2,1-2H3. The van der Waals surface area contributed by atoms with Gasteiger partial charge in [-0.2, -0.15) is 5.10 Å². The summed E-state index contributed by atoms with van der Waals surface area (Å²) >= 11 is 9.35. The Morgan fingerprint density at radius 1 is 1.40 bits per heavy atom. The third-order valence-corrected chi connectivity index (χ3v) is 5.23. The van der Waals surface area contributed by atoms with Gasteiger partial charge >= 0.3 is 6.36 Å². The van der Waals surface area contributed by atoms with Crippen molar-refractivity contribution >= 4 is 44.1 Å². The van der Waals surface area contributed by atoms with Gasteiger partial charge in [0, 0.05) is 22.8 Å². The number of rotatable bonds is 6. The van der Waals surface area contributed by atoms with Crippen LogP contribution in [-0.4, -0.2) is 32.6 Å². The summed E-state index contributed by atoms with van der Waals surface area (Å²) in [4.78, 5) is 0.489. The molecule has 0 spiro atoms. The number of hydrogen-bond acceptors (Lipinski definition) is 4. The summed E-state index contributed by atoms with van der Waals surface area (Å²) in [6.45, 7) is 4.16. The number of anilines is 1. The third kappa shape index (κ3) is 4.68. The number of ether oxygens (including phenoxy) is 1. The fraction of sp³-hybridized carbons (Fsp3) is 0.357. The van der Waals surface area contributed by atoms with Gasteiger partial charge in [-0.25, -0.2) is 4.68 Å². The predicted molar refractivity (Wildman–Crippen MR) is 94.1 cm³/mol. The van der Waals surface area contributed by atoms with E-state index in [4.69, 9.17) is 11.6 Å². The van der Waals surface area contributed by atoms with Crippen molar-refractivity contribution < 1.29 is 22.1 Å². The molecule has 0 fully saturated rings. The van der Waals surface area contributed by atoms with Crippen molar-refractivity contribution in [3.8, 4) is 11.4 Å². The average molecular weight is 461 g/mol. The van der Waals surface area contributed by atoms with Crippen LogP contribution in [0.5, 0.6) is 5.75 Å². The molecule has 0 aliphatic heterocycles. The fourth-order valence-electron chi connectivity index (χ4n) is 2.09. The second kappa shape index (κ2) is 7.96. The minimum atomic E-state index is -4.82. The van der Waals surface area contributed by atoms with Crippen LogP contribution in [0.25, 0.3) is 5.69 Å². The van der Waals surface area contributed by atoms with Crippen molar-refractivity contribution in [1.82, 2.24) is 9.78 Å². The number of halogens is 5. The van der Waals surface area contributed by atoms with Gasteiger partial charge in [-0.15, -0.1) is 13.2 Å². The van der Waals surface area contributed by atoms with Crippen molar-refractivity contribution in [2.24, 2.45) is 0 Å². The van der Waals surface area contributed by atoms with E-state index in [1.807, 2.05) is 6.92 Å². The topological polar surface area (TPSA) is 56.2 Å². The highest BCUT2D eigenvalue weighted by Crippen LogP contribution is 2.37. The number of alkyl halides is 3. The number of aromatic nitrogens is 2. The molecule has 1 N–H and O–H groups in total. The molecule has 5 nitrogen and oxygen atoms in total. The number of benzene rings is 1. The van der Waals surface area contributed by atoms with Gasteiger partial charge in [0.25, 0.3) is 0 Å². The highest BCUT2D eigenvalue weighted by atomic mass is 79.9. The molecule has 2 rings (SSSR count). The zero-order valence-corrected chi connectivity index (χ0v) is 16.3. The molecule has 138 valence electrons. The number of hydrogen-bond donors (Lipinski definition) is 1. The number of nitrogens with one attached hydrogen (secondary N) is 1. The van der Waals surface area contributed by atoms with Crippen molar-refractivity contribution in [2.45, 2.75) is 25.1 Å².